The van der Waals surface area contributed by atoms with Crippen molar-refractivity contribution in [3.63, 3.8) is 0 Å². The van der Waals surface area contributed by atoms with Crippen LogP contribution in [0.15, 0.2) is 71.3 Å². The van der Waals surface area contributed by atoms with Crippen molar-refractivity contribution in [3.05, 3.63) is 76.5 Å². The molecular formula is C22H26N4O5S. The quantitative estimate of drug-likeness (QED) is 0.460. The summed E-state index contributed by atoms with van der Waals surface area (Å²) in [6.45, 7) is -0.543. The van der Waals surface area contributed by atoms with Crippen LogP contribution in [-0.2, 0) is 14.8 Å². The van der Waals surface area contributed by atoms with E-state index in [2.05, 4.69) is 10.9 Å². The molecule has 0 unspecified atom stereocenters. The summed E-state index contributed by atoms with van der Waals surface area (Å²) >= 11 is 0. The summed E-state index contributed by atoms with van der Waals surface area (Å²) in [5.74, 6) is -0.584. The van der Waals surface area contributed by atoms with Gasteiger partial charge in [-0.25, -0.2) is 8.42 Å². The number of anilines is 1. The minimum Gasteiger partial charge on any atom is -0.303 e. The van der Waals surface area contributed by atoms with Crippen LogP contribution in [0.1, 0.15) is 38.5 Å². The number of allylic oxidation sites excluding steroid dienone is 2. The van der Waals surface area contributed by atoms with Gasteiger partial charge in [-0.3, -0.25) is 24.6 Å². The number of rotatable bonds is 8. The van der Waals surface area contributed by atoms with Gasteiger partial charge in [-0.1, -0.05) is 49.2 Å². The van der Waals surface area contributed by atoms with Crippen molar-refractivity contribution in [1.29, 1.82) is 0 Å². The maximum Gasteiger partial charge on any atom is 0.289 e. The van der Waals surface area contributed by atoms with Gasteiger partial charge in [0.05, 0.1) is 10.6 Å². The van der Waals surface area contributed by atoms with Crippen molar-refractivity contribution < 1.29 is 18.1 Å². The number of nitro benzene ring substituents is 1. The van der Waals surface area contributed by atoms with Gasteiger partial charge in [0.1, 0.15) is 6.54 Å². The Morgan fingerprint density at radius 1 is 1.00 bits per heavy atom. The van der Waals surface area contributed by atoms with Gasteiger partial charge < -0.3 is 5.43 Å². The average molecular weight is 459 g/mol. The fraction of sp³-hybridized carbons (Fsp3) is 0.318. The standard InChI is InChI=1S/C22H26N4O5S/c27-22(24-23-18-11-5-2-1-3-6-12-18)17-25(19-13-7-4-8-14-19)32(30,31)21-16-10-9-15-20(21)26(28)29/h4,7-11,13-16,23H,1-3,5-6,12,17H2,(H,24,27)/b18-11+. The molecule has 2 aromatic carbocycles. The number of hydrogen-bond donors (Lipinski definition) is 2. The van der Waals surface area contributed by atoms with Crippen molar-refractivity contribution in [2.24, 2.45) is 0 Å². The molecule has 0 bridgehead atoms. The summed E-state index contributed by atoms with van der Waals surface area (Å²) in [6.07, 6.45) is 8.18. The average Bonchev–Trinajstić information content (AvgIpc) is 2.77. The number of sulfonamides is 1. The Morgan fingerprint density at radius 2 is 1.69 bits per heavy atom. The molecule has 1 aliphatic rings. The first-order valence-corrected chi connectivity index (χ1v) is 11.9. The molecule has 0 fully saturated rings. The van der Waals surface area contributed by atoms with E-state index in [0.29, 0.717) is 0 Å². The highest BCUT2D eigenvalue weighted by atomic mass is 32.2. The normalized spacial score (nSPS) is 16.1. The number of carbonyl (C=O) groups is 1. The SMILES string of the molecule is O=C(CN(c1ccccc1)S(=O)(=O)c1ccccc1[N+](=O)[O-])NN/C1=C/CCCCCC1. The maximum absolute atomic E-state index is 13.4. The molecule has 0 saturated carbocycles. The molecule has 10 heteroatoms. The summed E-state index contributed by atoms with van der Waals surface area (Å²) in [7, 11) is -4.39. The minimum absolute atomic E-state index is 0.228. The Morgan fingerprint density at radius 3 is 2.44 bits per heavy atom. The summed E-state index contributed by atoms with van der Waals surface area (Å²) in [4.78, 5) is 22.9. The number of nitrogens with zero attached hydrogens (tertiary/aromatic N) is 2. The maximum atomic E-state index is 13.4. The van der Waals surface area contributed by atoms with Crippen LogP contribution in [0.4, 0.5) is 11.4 Å². The van der Waals surface area contributed by atoms with Crippen LogP contribution < -0.4 is 15.2 Å². The van der Waals surface area contributed by atoms with Crippen LogP contribution in [0, 0.1) is 10.1 Å². The molecule has 0 spiro atoms. The first-order chi connectivity index (χ1) is 15.4. The molecule has 2 aromatic rings. The molecule has 0 saturated heterocycles. The van der Waals surface area contributed by atoms with Crippen molar-refractivity contribution in [1.82, 2.24) is 10.9 Å². The van der Waals surface area contributed by atoms with E-state index in [-0.39, 0.29) is 5.69 Å². The largest absolute Gasteiger partial charge is 0.303 e. The number of hydrogen-bond acceptors (Lipinski definition) is 6. The third kappa shape index (κ3) is 5.85. The van der Waals surface area contributed by atoms with E-state index < -0.39 is 38.0 Å². The van der Waals surface area contributed by atoms with E-state index in [4.69, 9.17) is 0 Å². The Kier molecular flexibility index (Phi) is 7.82. The zero-order chi connectivity index (χ0) is 23.0. The molecule has 32 heavy (non-hydrogen) atoms. The number of para-hydroxylation sites is 2. The number of amides is 1. The predicted molar refractivity (Wildman–Crippen MR) is 121 cm³/mol. The lowest BCUT2D eigenvalue weighted by atomic mass is 10.0. The number of nitrogens with one attached hydrogen (secondary N) is 2. The van der Waals surface area contributed by atoms with E-state index >= 15 is 0 Å². The topological polar surface area (TPSA) is 122 Å². The minimum atomic E-state index is -4.39. The Balaban J connectivity index is 1.84. The molecule has 0 radical (unpaired) electrons. The summed E-state index contributed by atoms with van der Waals surface area (Å²) in [5.41, 5.74) is 6.04. The molecular weight excluding hydrogens is 432 g/mol. The van der Waals surface area contributed by atoms with Crippen LogP contribution in [0.25, 0.3) is 0 Å². The highest BCUT2D eigenvalue weighted by molar-refractivity contribution is 7.93. The van der Waals surface area contributed by atoms with Crippen LogP contribution in [0.3, 0.4) is 0 Å². The number of carbonyl (C=O) groups excluding carboxylic acids is 1. The van der Waals surface area contributed by atoms with E-state index in [1.165, 1.54) is 36.8 Å². The van der Waals surface area contributed by atoms with Crippen molar-refractivity contribution >= 4 is 27.3 Å². The molecule has 0 heterocycles. The lowest BCUT2D eigenvalue weighted by Crippen LogP contribution is -2.45. The summed E-state index contributed by atoms with van der Waals surface area (Å²) < 4.78 is 27.7. The van der Waals surface area contributed by atoms with Crippen molar-refractivity contribution in [2.45, 2.75) is 43.4 Å². The van der Waals surface area contributed by atoms with E-state index in [1.807, 2.05) is 6.08 Å². The highest BCUT2D eigenvalue weighted by Crippen LogP contribution is 2.29. The van der Waals surface area contributed by atoms with Crippen molar-refractivity contribution in [2.75, 3.05) is 10.8 Å². The van der Waals surface area contributed by atoms with Gasteiger partial charge in [0.25, 0.3) is 21.6 Å². The highest BCUT2D eigenvalue weighted by Gasteiger charge is 2.33. The number of nitro groups is 1. The molecule has 9 nitrogen and oxygen atoms in total. The Labute approximate surface area is 187 Å². The summed E-state index contributed by atoms with van der Waals surface area (Å²) in [6, 6.07) is 13.1. The van der Waals surface area contributed by atoms with Gasteiger partial charge in [-0.2, -0.15) is 0 Å². The lowest BCUT2D eigenvalue weighted by Gasteiger charge is -2.24. The monoisotopic (exact) mass is 458 g/mol. The second-order valence-electron chi connectivity index (χ2n) is 7.43. The van der Waals surface area contributed by atoms with Crippen LogP contribution in [0.5, 0.6) is 0 Å². The van der Waals surface area contributed by atoms with Gasteiger partial charge in [0.2, 0.25) is 0 Å². The van der Waals surface area contributed by atoms with Crippen LogP contribution in [0.2, 0.25) is 0 Å². The fourth-order valence-corrected chi connectivity index (χ4v) is 5.06. The number of hydrazine groups is 1. The second kappa shape index (κ2) is 10.8. The molecule has 0 atom stereocenters. The van der Waals surface area contributed by atoms with E-state index in [9.17, 15) is 23.3 Å². The lowest BCUT2D eigenvalue weighted by molar-refractivity contribution is -0.387. The van der Waals surface area contributed by atoms with Crippen LogP contribution in [-0.4, -0.2) is 25.8 Å². The number of benzene rings is 2. The third-order valence-corrected chi connectivity index (χ3v) is 6.94. The first kappa shape index (κ1) is 23.3. The second-order valence-corrected chi connectivity index (χ2v) is 9.26. The molecule has 2 N–H and O–H groups in total. The smallest absolute Gasteiger partial charge is 0.289 e. The van der Waals surface area contributed by atoms with Crippen LogP contribution >= 0.6 is 0 Å². The van der Waals surface area contributed by atoms with Gasteiger partial charge in [-0.05, 0) is 43.9 Å². The van der Waals surface area contributed by atoms with Gasteiger partial charge in [-0.15, -0.1) is 0 Å². The molecule has 1 aliphatic carbocycles. The summed E-state index contributed by atoms with van der Waals surface area (Å²) in [5, 5.41) is 11.4. The fourth-order valence-electron chi connectivity index (χ4n) is 3.48. The first-order valence-electron chi connectivity index (χ1n) is 10.4. The molecule has 1 amide bonds. The van der Waals surface area contributed by atoms with E-state index in [1.54, 1.807) is 18.2 Å². The van der Waals surface area contributed by atoms with Gasteiger partial charge >= 0.3 is 0 Å². The van der Waals surface area contributed by atoms with E-state index in [0.717, 1.165) is 48.2 Å². The molecule has 0 aromatic heterocycles. The van der Waals surface area contributed by atoms with Gasteiger partial charge in [0, 0.05) is 11.8 Å². The van der Waals surface area contributed by atoms with Gasteiger partial charge in [0.15, 0.2) is 4.90 Å². The molecule has 170 valence electrons. The predicted octanol–water partition coefficient (Wildman–Crippen LogP) is 3.65. The molecule has 0 aliphatic heterocycles. The zero-order valence-corrected chi connectivity index (χ0v) is 18.4. The molecule has 3 rings (SSSR count). The Hall–Kier alpha value is -3.40. The Bertz CT molecular complexity index is 1090. The van der Waals surface area contributed by atoms with Crippen molar-refractivity contribution in [3.8, 4) is 0 Å². The zero-order valence-electron chi connectivity index (χ0n) is 17.6. The third-order valence-electron chi connectivity index (χ3n) is 5.11.